The summed E-state index contributed by atoms with van der Waals surface area (Å²) in [6.45, 7) is 0. The Bertz CT molecular complexity index is 621. The molecule has 0 saturated carbocycles. The molecule has 1 aliphatic rings. The second kappa shape index (κ2) is 6.48. The van der Waals surface area contributed by atoms with E-state index in [0.29, 0.717) is 5.56 Å². The van der Waals surface area contributed by atoms with Crippen LogP contribution in [0.1, 0.15) is 22.3 Å². The second-order valence-corrected chi connectivity index (χ2v) is 4.84. The van der Waals surface area contributed by atoms with Gasteiger partial charge in [-0.25, -0.2) is 4.79 Å². The van der Waals surface area contributed by atoms with Crippen molar-refractivity contribution < 1.29 is 29.2 Å². The quantitative estimate of drug-likeness (QED) is 0.416. The van der Waals surface area contributed by atoms with Gasteiger partial charge in [0.1, 0.15) is 12.2 Å². The maximum absolute atomic E-state index is 11.7. The van der Waals surface area contributed by atoms with Crippen LogP contribution in [0.15, 0.2) is 18.2 Å². The Balaban J connectivity index is 2.12. The third kappa shape index (κ3) is 3.37. The van der Waals surface area contributed by atoms with Crippen LogP contribution in [0.25, 0.3) is 0 Å². The highest BCUT2D eigenvalue weighted by molar-refractivity contribution is 6.47. The van der Waals surface area contributed by atoms with Crippen molar-refractivity contribution in [3.05, 3.63) is 29.3 Å². The zero-order valence-electron chi connectivity index (χ0n) is 11.8. The molecule has 1 aromatic carbocycles. The molecule has 0 bridgehead atoms. The Hall–Kier alpha value is -2.55. The van der Waals surface area contributed by atoms with Gasteiger partial charge in [-0.1, -0.05) is 12.1 Å². The minimum absolute atomic E-state index is 0.0494. The summed E-state index contributed by atoms with van der Waals surface area (Å²) in [5, 5.41) is 23.8. The van der Waals surface area contributed by atoms with E-state index in [4.69, 9.17) is 9.76 Å². The van der Waals surface area contributed by atoms with Crippen LogP contribution in [0.3, 0.4) is 0 Å². The average Bonchev–Trinajstić information content (AvgIpc) is 2.47. The first-order valence-electron chi connectivity index (χ1n) is 6.62. The number of carbonyl (C=O) groups is 3. The van der Waals surface area contributed by atoms with E-state index in [1.165, 1.54) is 13.1 Å². The van der Waals surface area contributed by atoms with Gasteiger partial charge in [0.2, 0.25) is 11.8 Å². The van der Waals surface area contributed by atoms with Crippen LogP contribution in [-0.2, 0) is 16.0 Å². The zero-order chi connectivity index (χ0) is 16.3. The third-order valence-corrected chi connectivity index (χ3v) is 3.30. The molecule has 1 aliphatic heterocycles. The summed E-state index contributed by atoms with van der Waals surface area (Å²) < 4.78 is 5.23. The molecule has 0 aromatic heterocycles. The van der Waals surface area contributed by atoms with Crippen LogP contribution in [0.4, 0.5) is 0 Å². The summed E-state index contributed by atoms with van der Waals surface area (Å²) in [5.41, 5.74) is 0.516. The van der Waals surface area contributed by atoms with E-state index >= 15 is 0 Å². The van der Waals surface area contributed by atoms with E-state index in [9.17, 15) is 19.4 Å². The fraction of sp³-hybridized carbons (Fsp3) is 0.308. The lowest BCUT2D eigenvalue weighted by Gasteiger charge is -2.28. The molecule has 1 aromatic rings. The largest absolute Gasteiger partial charge is 0.547 e. The number of fused-ring (bicyclic) bond motifs is 1. The molecular weight excluding hydrogens is 291 g/mol. The SMILES string of the molecule is CNC(=O)CC(=O)N[C@H]1Cc2cccc(C(=O)O)c2OB1O. The molecule has 9 heteroatoms. The van der Waals surface area contributed by atoms with Crippen LogP contribution in [0.2, 0.25) is 0 Å². The standard InChI is InChI=1S/C13H15BN2O6/c1-15-10(17)6-11(18)16-9-5-7-3-2-4-8(13(19)20)12(7)22-14(9)21/h2-4,9,21H,5-6H2,1H3,(H,15,17)(H,16,18)(H,19,20)/t9-/m0/s1. The minimum Gasteiger partial charge on any atom is -0.534 e. The van der Waals surface area contributed by atoms with Crippen molar-refractivity contribution in [3.63, 3.8) is 0 Å². The molecule has 0 unspecified atom stereocenters. The van der Waals surface area contributed by atoms with Gasteiger partial charge in [-0.15, -0.1) is 0 Å². The topological polar surface area (TPSA) is 125 Å². The number of amides is 2. The molecule has 1 atom stereocenters. The summed E-state index contributed by atoms with van der Waals surface area (Å²) in [4.78, 5) is 33.9. The van der Waals surface area contributed by atoms with E-state index < -0.39 is 30.8 Å². The number of hydrogen-bond acceptors (Lipinski definition) is 5. The van der Waals surface area contributed by atoms with Crippen molar-refractivity contribution >= 4 is 24.9 Å². The van der Waals surface area contributed by atoms with Gasteiger partial charge in [-0.05, 0) is 18.1 Å². The number of carboxylic acids is 1. The van der Waals surface area contributed by atoms with Gasteiger partial charge in [-0.2, -0.15) is 0 Å². The molecule has 0 fully saturated rings. The van der Waals surface area contributed by atoms with E-state index in [0.717, 1.165) is 0 Å². The molecule has 8 nitrogen and oxygen atoms in total. The highest BCUT2D eigenvalue weighted by atomic mass is 16.5. The Morgan fingerprint density at radius 1 is 1.36 bits per heavy atom. The Morgan fingerprint density at radius 2 is 2.09 bits per heavy atom. The monoisotopic (exact) mass is 306 g/mol. The first-order valence-corrected chi connectivity index (χ1v) is 6.62. The van der Waals surface area contributed by atoms with Crippen molar-refractivity contribution in [3.8, 4) is 5.75 Å². The number of benzene rings is 1. The fourth-order valence-electron chi connectivity index (χ4n) is 2.21. The molecule has 2 rings (SSSR count). The highest BCUT2D eigenvalue weighted by Gasteiger charge is 2.37. The van der Waals surface area contributed by atoms with Gasteiger partial charge in [0.15, 0.2) is 0 Å². The van der Waals surface area contributed by atoms with Gasteiger partial charge in [-0.3, -0.25) is 9.59 Å². The van der Waals surface area contributed by atoms with E-state index in [1.54, 1.807) is 12.1 Å². The van der Waals surface area contributed by atoms with Crippen LogP contribution in [0.5, 0.6) is 5.75 Å². The normalized spacial score (nSPS) is 16.3. The van der Waals surface area contributed by atoms with Crippen molar-refractivity contribution in [1.29, 1.82) is 0 Å². The van der Waals surface area contributed by atoms with Gasteiger partial charge in [0.05, 0.1) is 11.5 Å². The summed E-state index contributed by atoms with van der Waals surface area (Å²) >= 11 is 0. The highest BCUT2D eigenvalue weighted by Crippen LogP contribution is 2.30. The number of para-hydroxylation sites is 1. The number of rotatable bonds is 4. The molecule has 0 radical (unpaired) electrons. The molecule has 4 N–H and O–H groups in total. The summed E-state index contributed by atoms with van der Waals surface area (Å²) in [7, 11) is 0.0272. The van der Waals surface area contributed by atoms with E-state index in [-0.39, 0.29) is 24.2 Å². The predicted octanol–water partition coefficient (Wildman–Crippen LogP) is -1.04. The number of nitrogens with one attached hydrogen (secondary N) is 2. The molecular formula is C13H15BN2O6. The van der Waals surface area contributed by atoms with Gasteiger partial charge < -0.3 is 25.4 Å². The maximum atomic E-state index is 11.7. The van der Waals surface area contributed by atoms with Crippen molar-refractivity contribution in [2.24, 2.45) is 0 Å². The van der Waals surface area contributed by atoms with Crippen molar-refractivity contribution in [2.45, 2.75) is 18.8 Å². The number of carbonyl (C=O) groups excluding carboxylic acids is 2. The zero-order valence-corrected chi connectivity index (χ0v) is 11.8. The lowest BCUT2D eigenvalue weighted by molar-refractivity contribution is -0.129. The maximum Gasteiger partial charge on any atom is 0.547 e. The molecule has 1 heterocycles. The molecule has 0 aliphatic carbocycles. The lowest BCUT2D eigenvalue weighted by atomic mass is 9.72. The third-order valence-electron chi connectivity index (χ3n) is 3.30. The summed E-state index contributed by atoms with van der Waals surface area (Å²) in [6, 6.07) is 4.59. The van der Waals surface area contributed by atoms with E-state index in [2.05, 4.69) is 10.6 Å². The van der Waals surface area contributed by atoms with Crippen LogP contribution in [-0.4, -0.2) is 48.0 Å². The second-order valence-electron chi connectivity index (χ2n) is 4.84. The number of carboxylic acid groups (broad SMARTS) is 1. The average molecular weight is 306 g/mol. The lowest BCUT2D eigenvalue weighted by Crippen LogP contribution is -2.53. The fourth-order valence-corrected chi connectivity index (χ4v) is 2.21. The Labute approximate surface area is 126 Å². The molecule has 2 amide bonds. The predicted molar refractivity (Wildman–Crippen MR) is 76.3 cm³/mol. The van der Waals surface area contributed by atoms with Gasteiger partial charge >= 0.3 is 13.1 Å². The molecule has 0 spiro atoms. The molecule has 116 valence electrons. The Kier molecular flexibility index (Phi) is 4.67. The first-order chi connectivity index (χ1) is 10.4. The molecule has 0 saturated heterocycles. The number of hydrogen-bond donors (Lipinski definition) is 4. The minimum atomic E-state index is -1.39. The van der Waals surface area contributed by atoms with Gasteiger partial charge in [0.25, 0.3) is 0 Å². The van der Waals surface area contributed by atoms with Crippen LogP contribution in [0, 0.1) is 0 Å². The van der Waals surface area contributed by atoms with Gasteiger partial charge in [0, 0.05) is 7.05 Å². The Morgan fingerprint density at radius 3 is 2.73 bits per heavy atom. The first kappa shape index (κ1) is 15.8. The summed E-state index contributed by atoms with van der Waals surface area (Å²) in [5.74, 6) is -2.82. The number of aromatic carboxylic acids is 1. The molecule has 22 heavy (non-hydrogen) atoms. The van der Waals surface area contributed by atoms with Crippen molar-refractivity contribution in [2.75, 3.05) is 7.05 Å². The van der Waals surface area contributed by atoms with Crippen molar-refractivity contribution in [1.82, 2.24) is 10.6 Å². The summed E-state index contributed by atoms with van der Waals surface area (Å²) in [6.07, 6.45) is -0.154. The smallest absolute Gasteiger partial charge is 0.534 e. The van der Waals surface area contributed by atoms with E-state index in [1.807, 2.05) is 0 Å². The van der Waals surface area contributed by atoms with Crippen LogP contribution < -0.4 is 15.3 Å². The van der Waals surface area contributed by atoms with Crippen LogP contribution >= 0.6 is 0 Å².